The van der Waals surface area contributed by atoms with E-state index in [1.165, 1.54) is 20.8 Å². The summed E-state index contributed by atoms with van der Waals surface area (Å²) >= 11 is 0.603. The van der Waals surface area contributed by atoms with Crippen molar-refractivity contribution in [3.63, 3.8) is 0 Å². The Hall–Kier alpha value is -2.96. The van der Waals surface area contributed by atoms with Crippen molar-refractivity contribution in [3.8, 4) is 0 Å². The van der Waals surface area contributed by atoms with Crippen LogP contribution in [0.4, 0.5) is 9.59 Å². The van der Waals surface area contributed by atoms with Crippen LogP contribution in [-0.4, -0.2) is 46.5 Å². The Labute approximate surface area is 201 Å². The summed E-state index contributed by atoms with van der Waals surface area (Å²) in [6.45, 7) is 11.6. The Morgan fingerprint density at radius 3 is 2.09 bits per heavy atom. The molecule has 0 spiro atoms. The number of hydrogen-bond donors (Lipinski definition) is 1. The minimum absolute atomic E-state index is 0.0399. The van der Waals surface area contributed by atoms with Gasteiger partial charge < -0.3 is 33.1 Å². The van der Waals surface area contributed by atoms with Crippen LogP contribution in [-0.2, 0) is 35.1 Å². The van der Waals surface area contributed by atoms with E-state index in [1.54, 1.807) is 34.6 Å². The van der Waals surface area contributed by atoms with E-state index in [0.717, 1.165) is 0 Å². The van der Waals surface area contributed by atoms with E-state index in [0.29, 0.717) is 11.8 Å². The van der Waals surface area contributed by atoms with Gasteiger partial charge in [-0.3, -0.25) is 4.79 Å². The predicted molar refractivity (Wildman–Crippen MR) is 119 cm³/mol. The first-order valence-electron chi connectivity index (χ1n) is 10.3. The van der Waals surface area contributed by atoms with E-state index in [9.17, 15) is 24.0 Å². The number of amides is 1. The molecule has 1 N–H and O–H groups in total. The first-order valence-corrected chi connectivity index (χ1v) is 11.1. The van der Waals surface area contributed by atoms with Gasteiger partial charge in [0.05, 0.1) is 10.7 Å². The molecular formula is C21H31NO11S. The number of esters is 2. The molecule has 1 amide bonds. The number of carbonyl (C=O) groups excluding carboxylic acids is 4. The molecular weight excluding hydrogens is 474 g/mol. The molecule has 0 saturated carbocycles. The number of thioether (sulfide) groups is 1. The molecule has 0 saturated heterocycles. The lowest BCUT2D eigenvalue weighted by Crippen LogP contribution is -2.55. The van der Waals surface area contributed by atoms with Gasteiger partial charge >= 0.3 is 29.2 Å². The second kappa shape index (κ2) is 12.0. The van der Waals surface area contributed by atoms with Crippen LogP contribution in [0.3, 0.4) is 0 Å². The third-order valence-corrected chi connectivity index (χ3v) is 5.01. The summed E-state index contributed by atoms with van der Waals surface area (Å²) < 4.78 is 28.2. The second-order valence-electron chi connectivity index (χ2n) is 8.96. The van der Waals surface area contributed by atoms with Gasteiger partial charge in [0.15, 0.2) is 18.1 Å². The first kappa shape index (κ1) is 29.1. The van der Waals surface area contributed by atoms with Crippen LogP contribution in [0.25, 0.3) is 0 Å². The van der Waals surface area contributed by atoms with Crippen molar-refractivity contribution < 1.29 is 47.0 Å². The zero-order valence-corrected chi connectivity index (χ0v) is 21.3. The van der Waals surface area contributed by atoms with Crippen molar-refractivity contribution in [1.82, 2.24) is 5.32 Å². The highest BCUT2D eigenvalue weighted by atomic mass is 32.2. The smallest absolute Gasteiger partial charge is 0.458 e. The van der Waals surface area contributed by atoms with E-state index in [4.69, 9.17) is 27.8 Å². The Balaban J connectivity index is 2.87. The van der Waals surface area contributed by atoms with Gasteiger partial charge in [0.1, 0.15) is 11.6 Å². The molecule has 1 rings (SSSR count). The third-order valence-electron chi connectivity index (χ3n) is 3.97. The average molecular weight is 506 g/mol. The van der Waals surface area contributed by atoms with Crippen molar-refractivity contribution in [1.29, 1.82) is 0 Å². The topological polar surface area (TPSA) is 161 Å². The average Bonchev–Trinajstić information content (AvgIpc) is 2.99. The molecule has 1 aromatic heterocycles. The molecule has 0 aliphatic heterocycles. The molecule has 0 fully saturated rings. The number of alkyl carbamates (subject to hydrolysis) is 1. The standard InChI is InChI=1S/C21H31NO11S/c1-11(2)15(23)29-10-30-17(25)22-14(16(24)33-20(4,5)6)21(7,8)34-19(27)28-9-13-12(3)31-18(26)32-13/h11,14H,9-10H2,1-8H3,(H,22,25)/t14-/m0/s1. The molecule has 1 heterocycles. The van der Waals surface area contributed by atoms with Gasteiger partial charge in [0.25, 0.3) is 0 Å². The van der Waals surface area contributed by atoms with Crippen LogP contribution in [0.15, 0.2) is 13.6 Å². The fourth-order valence-corrected chi connectivity index (χ4v) is 3.10. The van der Waals surface area contributed by atoms with Crippen molar-refractivity contribution in [2.45, 2.75) is 78.4 Å². The van der Waals surface area contributed by atoms with Gasteiger partial charge in [-0.1, -0.05) is 13.8 Å². The molecule has 0 radical (unpaired) electrons. The van der Waals surface area contributed by atoms with Crippen LogP contribution in [0.1, 0.15) is 60.0 Å². The Kier molecular flexibility index (Phi) is 10.2. The molecule has 192 valence electrons. The molecule has 0 aromatic carbocycles. The van der Waals surface area contributed by atoms with E-state index in [1.807, 2.05) is 0 Å². The van der Waals surface area contributed by atoms with Crippen molar-refractivity contribution >= 4 is 35.1 Å². The van der Waals surface area contributed by atoms with E-state index in [-0.39, 0.29) is 18.1 Å². The maximum atomic E-state index is 12.8. The predicted octanol–water partition coefficient (Wildman–Crippen LogP) is 3.28. The van der Waals surface area contributed by atoms with Gasteiger partial charge in [-0.15, -0.1) is 0 Å². The van der Waals surface area contributed by atoms with Crippen LogP contribution in [0.5, 0.6) is 0 Å². The monoisotopic (exact) mass is 505 g/mol. The lowest BCUT2D eigenvalue weighted by Gasteiger charge is -2.33. The maximum Gasteiger partial charge on any atom is 0.519 e. The molecule has 0 aliphatic carbocycles. The van der Waals surface area contributed by atoms with Crippen LogP contribution in [0.2, 0.25) is 0 Å². The Morgan fingerprint density at radius 1 is 0.971 bits per heavy atom. The summed E-state index contributed by atoms with van der Waals surface area (Å²) in [4.78, 5) is 60.0. The summed E-state index contributed by atoms with van der Waals surface area (Å²) in [6, 6.07) is -1.36. The summed E-state index contributed by atoms with van der Waals surface area (Å²) in [5.74, 6) is -2.54. The summed E-state index contributed by atoms with van der Waals surface area (Å²) in [6.07, 6.45) is -1.06. The number of rotatable bonds is 9. The molecule has 1 aromatic rings. The minimum atomic E-state index is -1.36. The summed E-state index contributed by atoms with van der Waals surface area (Å²) in [5, 5.41) is 1.53. The van der Waals surface area contributed by atoms with Crippen LogP contribution < -0.4 is 11.1 Å². The van der Waals surface area contributed by atoms with E-state index < -0.39 is 58.3 Å². The van der Waals surface area contributed by atoms with Crippen molar-refractivity contribution in [2.24, 2.45) is 5.92 Å². The molecule has 34 heavy (non-hydrogen) atoms. The van der Waals surface area contributed by atoms with E-state index in [2.05, 4.69) is 5.32 Å². The van der Waals surface area contributed by atoms with Crippen molar-refractivity contribution in [2.75, 3.05) is 6.79 Å². The molecule has 1 atom stereocenters. The van der Waals surface area contributed by atoms with Gasteiger partial charge in [-0.05, 0) is 53.3 Å². The van der Waals surface area contributed by atoms with E-state index >= 15 is 0 Å². The number of hydrogen-bond acceptors (Lipinski definition) is 12. The lowest BCUT2D eigenvalue weighted by atomic mass is 10.0. The van der Waals surface area contributed by atoms with Crippen LogP contribution in [0, 0.1) is 12.8 Å². The Bertz CT molecular complexity index is 939. The Morgan fingerprint density at radius 2 is 1.59 bits per heavy atom. The normalized spacial score (nSPS) is 12.6. The number of ether oxygens (including phenoxy) is 4. The summed E-state index contributed by atoms with van der Waals surface area (Å²) in [5.41, 5.74) is -0.884. The molecule has 12 nitrogen and oxygen atoms in total. The highest BCUT2D eigenvalue weighted by Crippen LogP contribution is 2.32. The van der Waals surface area contributed by atoms with Gasteiger partial charge in [0.2, 0.25) is 6.79 Å². The van der Waals surface area contributed by atoms with Crippen molar-refractivity contribution in [3.05, 3.63) is 22.1 Å². The van der Waals surface area contributed by atoms with Gasteiger partial charge in [-0.2, -0.15) is 0 Å². The number of aryl methyl sites for hydroxylation is 1. The SMILES string of the molecule is Cc1oc(=O)oc1COC(=O)SC(C)(C)[C@@H](NC(=O)OCOC(=O)C(C)C)C(=O)OC(C)(C)C. The van der Waals surface area contributed by atoms with Gasteiger partial charge in [0, 0.05) is 0 Å². The molecule has 13 heteroatoms. The molecule has 0 bridgehead atoms. The quantitative estimate of drug-likeness (QED) is 0.297. The molecule has 0 unspecified atom stereocenters. The largest absolute Gasteiger partial charge is 0.519 e. The zero-order chi connectivity index (χ0) is 26.3. The van der Waals surface area contributed by atoms with Crippen LogP contribution >= 0.6 is 11.8 Å². The third kappa shape index (κ3) is 9.89. The number of nitrogens with one attached hydrogen (secondary N) is 1. The minimum Gasteiger partial charge on any atom is -0.458 e. The first-order chi connectivity index (χ1) is 15.5. The van der Waals surface area contributed by atoms with Gasteiger partial charge in [-0.25, -0.2) is 19.2 Å². The maximum absolute atomic E-state index is 12.8. The highest BCUT2D eigenvalue weighted by molar-refractivity contribution is 8.14. The number of carbonyl (C=O) groups is 4. The molecule has 0 aliphatic rings. The fraction of sp³-hybridized carbons (Fsp3) is 0.667. The zero-order valence-electron chi connectivity index (χ0n) is 20.5. The second-order valence-corrected chi connectivity index (χ2v) is 10.5. The highest BCUT2D eigenvalue weighted by Gasteiger charge is 2.42. The lowest BCUT2D eigenvalue weighted by molar-refractivity contribution is -0.159. The fourth-order valence-electron chi connectivity index (χ4n) is 2.28. The summed E-state index contributed by atoms with van der Waals surface area (Å²) in [7, 11) is 0.